The van der Waals surface area contributed by atoms with Crippen LogP contribution in [0, 0.1) is 6.92 Å². The fraction of sp³-hybridized carbons (Fsp3) is 0.138. The summed E-state index contributed by atoms with van der Waals surface area (Å²) in [5, 5.41) is 25.8. The SMILES string of the molecule is COc1cc(S(=O)(=O)CCOS(=O)(=O)O)ccc1N=Nc1ccc(N=Nc2cc(S(=O)(=O)O)c(N)c(N=Nc3ccc(C)cc3S(=O)(=O)O)c2N)cc1NC(N)=O. The highest BCUT2D eigenvalue weighted by molar-refractivity contribution is 7.91. The van der Waals surface area contributed by atoms with Gasteiger partial charge in [-0.05, 0) is 61.0 Å². The number of carbonyl (C=O) groups is 1. The van der Waals surface area contributed by atoms with Crippen molar-refractivity contribution in [3.8, 4) is 5.75 Å². The van der Waals surface area contributed by atoms with Crippen LogP contribution in [0.5, 0.6) is 5.75 Å². The maximum absolute atomic E-state index is 12.6. The normalized spacial score (nSPS) is 12.8. The third-order valence-corrected chi connectivity index (χ3v) is 11.0. The predicted molar refractivity (Wildman–Crippen MR) is 201 cm³/mol. The molecule has 0 aliphatic rings. The molecule has 4 rings (SSSR count). The molecular weight excluding hydrogens is 841 g/mol. The molecule has 0 bridgehead atoms. The molecule has 10 N–H and O–H groups in total. The summed E-state index contributed by atoms with van der Waals surface area (Å²) in [6.07, 6.45) is 0. The molecule has 0 saturated carbocycles. The van der Waals surface area contributed by atoms with E-state index in [-0.39, 0.29) is 39.1 Å². The molecule has 0 aliphatic heterocycles. The summed E-state index contributed by atoms with van der Waals surface area (Å²) in [4.78, 5) is 9.97. The first kappa shape index (κ1) is 43.7. The number of carbonyl (C=O) groups excluding carboxylic acids is 1. The number of aryl methyl sites for hydroxylation is 1. The van der Waals surface area contributed by atoms with Crippen molar-refractivity contribution in [2.24, 2.45) is 36.4 Å². The van der Waals surface area contributed by atoms with Gasteiger partial charge in [-0.15, -0.1) is 25.6 Å². The van der Waals surface area contributed by atoms with Gasteiger partial charge in [-0.25, -0.2) is 17.4 Å². The summed E-state index contributed by atoms with van der Waals surface area (Å²) in [7, 11) is -17.6. The average Bonchev–Trinajstić information content (AvgIpc) is 3.09. The maximum Gasteiger partial charge on any atom is 0.397 e. The van der Waals surface area contributed by atoms with Crippen LogP contribution in [0.25, 0.3) is 0 Å². The van der Waals surface area contributed by atoms with E-state index in [0.717, 1.165) is 24.3 Å². The van der Waals surface area contributed by atoms with E-state index in [9.17, 15) is 47.6 Å². The Morgan fingerprint density at radius 3 is 1.91 bits per heavy atom. The van der Waals surface area contributed by atoms with Gasteiger partial charge in [0.15, 0.2) is 9.84 Å². The number of primary amides is 1. The number of amides is 2. The minimum Gasteiger partial charge on any atom is -0.494 e. The van der Waals surface area contributed by atoms with Gasteiger partial charge in [0.1, 0.15) is 44.0 Å². The van der Waals surface area contributed by atoms with Crippen molar-refractivity contribution in [2.45, 2.75) is 21.6 Å². The van der Waals surface area contributed by atoms with Crippen molar-refractivity contribution >= 4 is 97.7 Å². The molecule has 28 heteroatoms. The van der Waals surface area contributed by atoms with Gasteiger partial charge in [-0.2, -0.15) is 30.4 Å². The van der Waals surface area contributed by atoms with Crippen LogP contribution in [0.3, 0.4) is 0 Å². The highest BCUT2D eigenvalue weighted by Gasteiger charge is 2.24. The van der Waals surface area contributed by atoms with Gasteiger partial charge in [0.05, 0.1) is 47.1 Å². The van der Waals surface area contributed by atoms with E-state index >= 15 is 0 Å². The first-order valence-electron chi connectivity index (χ1n) is 15.2. The lowest BCUT2D eigenvalue weighted by molar-refractivity contribution is 0.259. The summed E-state index contributed by atoms with van der Waals surface area (Å²) in [6.45, 7) is 0.681. The largest absolute Gasteiger partial charge is 0.494 e. The molecule has 0 unspecified atom stereocenters. The average molecular weight is 871 g/mol. The van der Waals surface area contributed by atoms with Crippen molar-refractivity contribution in [1.29, 1.82) is 0 Å². The van der Waals surface area contributed by atoms with Crippen LogP contribution in [0.4, 0.5) is 56.0 Å². The third kappa shape index (κ3) is 11.5. The standard InChI is InChI=1S/C29H30N10O14S4/c1-15-3-6-20(24(11-15)55(43,44)45)37-39-28-26(30)22(14-25(27(28)31)56(46,47)48)38-34-16-4-7-18(21(12-16)33-29(32)40)35-36-19-8-5-17(13-23(19)52-2)54(41,42)10-9-53-57(49,50)51/h3-8,11-14H,9-10,30-31H2,1-2H3,(H3,32,33,40)(H,43,44,45)(H,46,47,48)(H,49,50,51). The van der Waals surface area contributed by atoms with E-state index in [4.69, 9.17) is 26.5 Å². The molecule has 0 atom stereocenters. The second-order valence-electron chi connectivity index (χ2n) is 11.2. The molecule has 0 fully saturated rings. The maximum atomic E-state index is 12.6. The molecule has 0 saturated heterocycles. The topological polar surface area (TPSA) is 397 Å². The van der Waals surface area contributed by atoms with Crippen LogP contribution < -0.4 is 27.3 Å². The molecule has 2 amide bonds. The third-order valence-electron chi connectivity index (χ3n) is 7.12. The zero-order valence-corrected chi connectivity index (χ0v) is 32.3. The summed E-state index contributed by atoms with van der Waals surface area (Å²) in [5.41, 5.74) is 15.2. The van der Waals surface area contributed by atoms with Gasteiger partial charge in [-0.3, -0.25) is 13.7 Å². The van der Waals surface area contributed by atoms with E-state index < -0.39 is 91.4 Å². The molecule has 0 radical (unpaired) electrons. The van der Waals surface area contributed by atoms with Gasteiger partial charge >= 0.3 is 16.4 Å². The molecule has 24 nitrogen and oxygen atoms in total. The molecular formula is C29H30N10O14S4. The fourth-order valence-electron chi connectivity index (χ4n) is 4.51. The van der Waals surface area contributed by atoms with E-state index in [1.807, 2.05) is 0 Å². The van der Waals surface area contributed by atoms with Gasteiger partial charge in [0, 0.05) is 6.07 Å². The Balaban J connectivity index is 1.71. The first-order chi connectivity index (χ1) is 26.4. The quantitative estimate of drug-likeness (QED) is 0.0470. The minimum atomic E-state index is -5.05. The first-order valence-corrected chi connectivity index (χ1v) is 21.1. The second-order valence-corrected chi connectivity index (χ2v) is 17.2. The van der Waals surface area contributed by atoms with Crippen LogP contribution in [-0.2, 0) is 44.7 Å². The summed E-state index contributed by atoms with van der Waals surface area (Å²) in [5.74, 6) is -0.900. The number of nitrogens with one attached hydrogen (secondary N) is 1. The Morgan fingerprint density at radius 1 is 0.702 bits per heavy atom. The van der Waals surface area contributed by atoms with Gasteiger partial charge in [0.2, 0.25) is 0 Å². The van der Waals surface area contributed by atoms with Crippen molar-refractivity contribution in [2.75, 3.05) is 36.3 Å². The predicted octanol–water partition coefficient (Wildman–Crippen LogP) is 4.99. The number of hydrogen-bond donors (Lipinski definition) is 7. The number of nitrogen functional groups attached to an aromatic ring is 2. The fourth-order valence-corrected chi connectivity index (χ4v) is 7.35. The van der Waals surface area contributed by atoms with E-state index in [0.29, 0.717) is 5.56 Å². The summed E-state index contributed by atoms with van der Waals surface area (Å²) in [6, 6.07) is 10.7. The van der Waals surface area contributed by atoms with E-state index in [1.165, 1.54) is 43.5 Å². The molecule has 4 aromatic carbocycles. The van der Waals surface area contributed by atoms with Crippen LogP contribution >= 0.6 is 0 Å². The van der Waals surface area contributed by atoms with Gasteiger partial charge < -0.3 is 27.3 Å². The van der Waals surface area contributed by atoms with Crippen LogP contribution in [0.2, 0.25) is 0 Å². The monoisotopic (exact) mass is 870 g/mol. The number of anilines is 3. The lowest BCUT2D eigenvalue weighted by Gasteiger charge is -2.11. The zero-order chi connectivity index (χ0) is 42.5. The molecule has 0 heterocycles. The highest BCUT2D eigenvalue weighted by Crippen LogP contribution is 2.44. The Kier molecular flexibility index (Phi) is 13.0. The van der Waals surface area contributed by atoms with Gasteiger partial charge in [-0.1, -0.05) is 6.07 Å². The molecule has 0 spiro atoms. The number of nitrogens with zero attached hydrogens (tertiary/aromatic N) is 6. The number of nitrogens with two attached hydrogens (primary N) is 3. The molecule has 4 aromatic rings. The van der Waals surface area contributed by atoms with E-state index in [2.05, 4.69) is 40.2 Å². The Labute approximate surface area is 323 Å². The van der Waals surface area contributed by atoms with Crippen molar-refractivity contribution < 1.29 is 61.0 Å². The highest BCUT2D eigenvalue weighted by atomic mass is 32.3. The minimum absolute atomic E-state index is 0.00238. The zero-order valence-electron chi connectivity index (χ0n) is 29.1. The molecule has 0 aromatic heterocycles. The number of benzene rings is 4. The van der Waals surface area contributed by atoms with Crippen molar-refractivity contribution in [3.05, 3.63) is 66.2 Å². The van der Waals surface area contributed by atoms with Crippen LogP contribution in [0.1, 0.15) is 5.56 Å². The lowest BCUT2D eigenvalue weighted by atomic mass is 10.2. The number of sulfone groups is 1. The summed E-state index contributed by atoms with van der Waals surface area (Å²) >= 11 is 0. The Bertz CT molecular complexity index is 2800. The second kappa shape index (κ2) is 17.0. The molecule has 304 valence electrons. The smallest absolute Gasteiger partial charge is 0.397 e. The Morgan fingerprint density at radius 2 is 1.30 bits per heavy atom. The van der Waals surface area contributed by atoms with Crippen molar-refractivity contribution in [3.63, 3.8) is 0 Å². The molecule has 0 aliphatic carbocycles. The summed E-state index contributed by atoms with van der Waals surface area (Å²) < 4.78 is 132. The van der Waals surface area contributed by atoms with Crippen LogP contribution in [-0.4, -0.2) is 72.8 Å². The number of azo groups is 3. The molecule has 57 heavy (non-hydrogen) atoms. The number of methoxy groups -OCH3 is 1. The number of hydrogen-bond acceptors (Lipinski definition) is 19. The lowest BCUT2D eigenvalue weighted by Crippen LogP contribution is -2.19. The van der Waals surface area contributed by atoms with Gasteiger partial charge in [0.25, 0.3) is 20.2 Å². The van der Waals surface area contributed by atoms with Crippen molar-refractivity contribution in [1.82, 2.24) is 0 Å². The number of rotatable bonds is 15. The number of ether oxygens (including phenoxy) is 1. The van der Waals surface area contributed by atoms with E-state index in [1.54, 1.807) is 6.92 Å². The Hall–Kier alpha value is -6.01. The number of urea groups is 1. The van der Waals surface area contributed by atoms with Crippen LogP contribution in [0.15, 0.2) is 106 Å².